The second-order valence-corrected chi connectivity index (χ2v) is 4.81. The van der Waals surface area contributed by atoms with Gasteiger partial charge < -0.3 is 5.11 Å². The number of hydrogen-bond donors (Lipinski definition) is 1. The summed E-state index contributed by atoms with van der Waals surface area (Å²) in [6, 6.07) is 9.48. The maximum absolute atomic E-state index is 11.9. The monoisotopic (exact) mass is 254 g/mol. The second kappa shape index (κ2) is 5.42. The van der Waals surface area contributed by atoms with Crippen molar-refractivity contribution >= 4 is 11.4 Å². The van der Waals surface area contributed by atoms with Gasteiger partial charge in [0.05, 0.1) is 0 Å². The molecule has 1 aromatic carbocycles. The average Bonchev–Trinajstić information content (AvgIpc) is 2.44. The van der Waals surface area contributed by atoms with Crippen LogP contribution in [-0.2, 0) is 4.79 Å². The number of hydrogen-bond acceptors (Lipinski definition) is 2. The maximum atomic E-state index is 11.9. The van der Waals surface area contributed by atoms with E-state index in [-0.39, 0.29) is 5.78 Å². The van der Waals surface area contributed by atoms with Gasteiger partial charge in [0.25, 0.3) is 0 Å². The smallest absolute Gasteiger partial charge is 0.215 e. The Bertz CT molecular complexity index is 572. The summed E-state index contributed by atoms with van der Waals surface area (Å²) in [6.07, 6.45) is 2.76. The van der Waals surface area contributed by atoms with Crippen LogP contribution in [-0.4, -0.2) is 16.5 Å². The zero-order chi connectivity index (χ0) is 13.9. The fourth-order valence-electron chi connectivity index (χ4n) is 2.31. The third-order valence-electron chi connectivity index (χ3n) is 3.39. The molecule has 0 amide bonds. The molecular weight excluding hydrogens is 236 g/mol. The number of ketones is 1. The number of Topliss-reactive ketones (excluding diaryl/α,β-unsaturated/α-hetero) is 1. The molecule has 1 N–H and O–H groups in total. The molecule has 0 radical (unpaired) electrons. The van der Waals surface area contributed by atoms with E-state index in [4.69, 9.17) is 0 Å². The number of benzene rings is 1. The molecule has 1 aliphatic rings. The van der Waals surface area contributed by atoms with Crippen LogP contribution in [0.4, 0.5) is 0 Å². The topological polar surface area (TPSA) is 37.3 Å². The molecule has 0 spiro atoms. The van der Waals surface area contributed by atoms with E-state index in [2.05, 4.69) is 18.8 Å². The van der Waals surface area contributed by atoms with Crippen LogP contribution in [0, 0.1) is 11.8 Å². The fraction of sp³-hybridized carbons (Fsp3) is 0.353. The lowest BCUT2D eigenvalue weighted by Gasteiger charge is -2.35. The van der Waals surface area contributed by atoms with Crippen LogP contribution in [0.1, 0.15) is 38.7 Å². The zero-order valence-corrected chi connectivity index (χ0v) is 11.4. The first-order chi connectivity index (χ1) is 9.11. The molecule has 0 bridgehead atoms. The quantitative estimate of drug-likeness (QED) is 0.665. The Hall–Kier alpha value is -1.85. The van der Waals surface area contributed by atoms with Crippen LogP contribution in [0.5, 0.6) is 0 Å². The first-order valence-electron chi connectivity index (χ1n) is 6.65. The molecular formula is C17H18O2. The van der Waals surface area contributed by atoms with E-state index in [1.165, 1.54) is 0 Å². The van der Waals surface area contributed by atoms with Gasteiger partial charge in [0.1, 0.15) is 0 Å². The first-order valence-corrected chi connectivity index (χ1v) is 6.65. The van der Waals surface area contributed by atoms with E-state index in [9.17, 15) is 9.90 Å². The Morgan fingerprint density at radius 3 is 2.58 bits per heavy atom. The molecule has 0 aliphatic heterocycles. The van der Waals surface area contributed by atoms with Crippen molar-refractivity contribution < 1.29 is 9.90 Å². The van der Waals surface area contributed by atoms with Crippen LogP contribution in [0.25, 0.3) is 5.57 Å². The highest BCUT2D eigenvalue weighted by atomic mass is 16.3. The van der Waals surface area contributed by atoms with E-state index in [1.54, 1.807) is 6.92 Å². The Morgan fingerprint density at radius 1 is 1.26 bits per heavy atom. The van der Waals surface area contributed by atoms with Crippen molar-refractivity contribution in [2.24, 2.45) is 0 Å². The molecule has 0 saturated carbocycles. The van der Waals surface area contributed by atoms with Crippen molar-refractivity contribution in [2.45, 2.75) is 38.7 Å². The standard InChI is InChI=1S/C17H18O2/c1-3-4-5-9-12-17(19)15(13(2)16(17)18)14-10-7-6-8-11-14/h6-8,10-11,19H,3-5H2,1-2H3. The van der Waals surface area contributed by atoms with Gasteiger partial charge in [0, 0.05) is 17.6 Å². The van der Waals surface area contributed by atoms with Gasteiger partial charge in [-0.1, -0.05) is 55.5 Å². The third kappa shape index (κ3) is 2.34. The maximum Gasteiger partial charge on any atom is 0.215 e. The van der Waals surface area contributed by atoms with E-state index in [0.717, 1.165) is 18.4 Å². The predicted molar refractivity (Wildman–Crippen MR) is 76.3 cm³/mol. The molecule has 0 saturated heterocycles. The molecule has 1 unspecified atom stereocenters. The van der Waals surface area contributed by atoms with Crippen LogP contribution in [0.2, 0.25) is 0 Å². The van der Waals surface area contributed by atoms with E-state index in [1.807, 2.05) is 30.3 Å². The van der Waals surface area contributed by atoms with E-state index in [0.29, 0.717) is 17.6 Å². The Labute approximate surface area is 114 Å². The summed E-state index contributed by atoms with van der Waals surface area (Å²) < 4.78 is 0. The molecule has 2 rings (SSSR count). The second-order valence-electron chi connectivity index (χ2n) is 4.81. The van der Waals surface area contributed by atoms with Crippen molar-refractivity contribution in [2.75, 3.05) is 0 Å². The molecule has 0 fully saturated rings. The van der Waals surface area contributed by atoms with Crippen LogP contribution in [0.15, 0.2) is 35.9 Å². The van der Waals surface area contributed by atoms with Crippen molar-refractivity contribution in [1.29, 1.82) is 0 Å². The lowest BCUT2D eigenvalue weighted by Crippen LogP contribution is -2.48. The van der Waals surface area contributed by atoms with Crippen molar-refractivity contribution in [3.05, 3.63) is 41.5 Å². The van der Waals surface area contributed by atoms with Gasteiger partial charge >= 0.3 is 0 Å². The first kappa shape index (κ1) is 13.6. The minimum Gasteiger partial charge on any atom is -0.367 e. The van der Waals surface area contributed by atoms with Crippen molar-refractivity contribution in [3.63, 3.8) is 0 Å². The Morgan fingerprint density at radius 2 is 1.95 bits per heavy atom. The van der Waals surface area contributed by atoms with Crippen LogP contribution in [0.3, 0.4) is 0 Å². The van der Waals surface area contributed by atoms with Gasteiger partial charge in [0.2, 0.25) is 11.4 Å². The highest BCUT2D eigenvalue weighted by Gasteiger charge is 2.50. The van der Waals surface area contributed by atoms with E-state index >= 15 is 0 Å². The molecule has 1 aliphatic carbocycles. The number of carbonyl (C=O) groups is 1. The lowest BCUT2D eigenvalue weighted by atomic mass is 9.70. The molecule has 19 heavy (non-hydrogen) atoms. The minimum absolute atomic E-state index is 0.268. The van der Waals surface area contributed by atoms with Gasteiger partial charge in [0.15, 0.2) is 0 Å². The molecule has 1 atom stereocenters. The van der Waals surface area contributed by atoms with Gasteiger partial charge in [-0.3, -0.25) is 4.79 Å². The van der Waals surface area contributed by atoms with Gasteiger partial charge in [-0.15, -0.1) is 0 Å². The third-order valence-corrected chi connectivity index (χ3v) is 3.39. The average molecular weight is 254 g/mol. The summed E-state index contributed by atoms with van der Waals surface area (Å²) in [6.45, 7) is 3.83. The van der Waals surface area contributed by atoms with Crippen molar-refractivity contribution in [1.82, 2.24) is 0 Å². The SMILES string of the molecule is CCCCC#CC1(O)C(=O)C(C)=C1c1ccccc1. The van der Waals surface area contributed by atoms with Gasteiger partial charge in [-0.2, -0.15) is 0 Å². The molecule has 98 valence electrons. The van der Waals surface area contributed by atoms with Crippen molar-refractivity contribution in [3.8, 4) is 11.8 Å². The molecule has 2 nitrogen and oxygen atoms in total. The van der Waals surface area contributed by atoms with Crippen LogP contribution < -0.4 is 0 Å². The van der Waals surface area contributed by atoms with Gasteiger partial charge in [-0.25, -0.2) is 0 Å². The summed E-state index contributed by atoms with van der Waals surface area (Å²) in [4.78, 5) is 11.9. The summed E-state index contributed by atoms with van der Waals surface area (Å²) in [5.41, 5.74) is 0.534. The summed E-state index contributed by atoms with van der Waals surface area (Å²) in [7, 11) is 0. The van der Waals surface area contributed by atoms with E-state index < -0.39 is 5.60 Å². The number of aliphatic hydroxyl groups is 1. The molecule has 1 aromatic rings. The highest BCUT2D eigenvalue weighted by Crippen LogP contribution is 2.41. The Kier molecular flexibility index (Phi) is 3.87. The highest BCUT2D eigenvalue weighted by molar-refractivity contribution is 6.26. The largest absolute Gasteiger partial charge is 0.367 e. The lowest BCUT2D eigenvalue weighted by molar-refractivity contribution is -0.126. The summed E-state index contributed by atoms with van der Waals surface area (Å²) >= 11 is 0. The minimum atomic E-state index is -1.60. The number of unbranched alkanes of at least 4 members (excludes halogenated alkanes) is 2. The summed E-state index contributed by atoms with van der Waals surface area (Å²) in [5.74, 6) is 5.41. The molecule has 0 aromatic heterocycles. The predicted octanol–water partition coefficient (Wildman–Crippen LogP) is 2.97. The molecule has 2 heteroatoms. The Balaban J connectivity index is 2.31. The number of rotatable bonds is 3. The normalized spacial score (nSPS) is 21.7. The van der Waals surface area contributed by atoms with Crippen LogP contribution >= 0.6 is 0 Å². The zero-order valence-electron chi connectivity index (χ0n) is 11.4. The summed E-state index contributed by atoms with van der Waals surface area (Å²) in [5, 5.41) is 10.5. The fourth-order valence-corrected chi connectivity index (χ4v) is 2.31. The molecule has 0 heterocycles. The van der Waals surface area contributed by atoms with Gasteiger partial charge in [-0.05, 0) is 18.9 Å². The number of carbonyl (C=O) groups excluding carboxylic acids is 1.